The molecule has 0 aromatic carbocycles. The Balaban J connectivity index is 2.27. The van der Waals surface area contributed by atoms with Crippen LogP contribution in [0.25, 0.3) is 0 Å². The second-order valence-corrected chi connectivity index (χ2v) is 3.48. The van der Waals surface area contributed by atoms with Crippen molar-refractivity contribution in [1.29, 1.82) is 0 Å². The second kappa shape index (κ2) is 4.58. The number of carbonyl (C=O) groups excluding carboxylic acids is 1. The Bertz CT molecular complexity index is 170. The molecule has 1 aliphatic carbocycles. The van der Waals surface area contributed by atoms with E-state index in [9.17, 15) is 15.0 Å². The lowest BCUT2D eigenvalue weighted by molar-refractivity contribution is -0.144. The molecule has 0 aromatic heterocycles. The van der Waals surface area contributed by atoms with Gasteiger partial charge in [-0.05, 0) is 25.7 Å². The molecule has 4 heteroatoms. The number of carbonyl (C=O) groups is 1. The van der Waals surface area contributed by atoms with Crippen LogP contribution in [0.15, 0.2) is 0 Å². The molecule has 1 rings (SSSR count). The second-order valence-electron chi connectivity index (χ2n) is 3.48. The van der Waals surface area contributed by atoms with Crippen molar-refractivity contribution in [3.8, 4) is 0 Å². The zero-order valence-corrected chi connectivity index (χ0v) is 7.77. The number of aliphatic hydroxyl groups excluding tert-OH is 2. The SMILES string of the molecule is CCOC(=O)CC1C[C@@H](O)[C@@H](O)C1. The molecule has 0 aliphatic heterocycles. The fourth-order valence-corrected chi connectivity index (χ4v) is 1.72. The molecule has 0 spiro atoms. The van der Waals surface area contributed by atoms with Gasteiger partial charge in [0.25, 0.3) is 0 Å². The highest BCUT2D eigenvalue weighted by atomic mass is 16.5. The monoisotopic (exact) mass is 188 g/mol. The smallest absolute Gasteiger partial charge is 0.306 e. The first-order valence-electron chi connectivity index (χ1n) is 4.65. The average Bonchev–Trinajstić information content (AvgIpc) is 2.31. The highest BCUT2D eigenvalue weighted by Crippen LogP contribution is 2.28. The molecule has 13 heavy (non-hydrogen) atoms. The minimum atomic E-state index is -0.667. The van der Waals surface area contributed by atoms with Crippen LogP contribution in [0.1, 0.15) is 26.2 Å². The highest BCUT2D eigenvalue weighted by Gasteiger charge is 2.32. The van der Waals surface area contributed by atoms with E-state index in [4.69, 9.17) is 4.74 Å². The van der Waals surface area contributed by atoms with Crippen LogP contribution >= 0.6 is 0 Å². The van der Waals surface area contributed by atoms with Gasteiger partial charge in [0.2, 0.25) is 0 Å². The Morgan fingerprint density at radius 1 is 1.38 bits per heavy atom. The highest BCUT2D eigenvalue weighted by molar-refractivity contribution is 5.69. The summed E-state index contributed by atoms with van der Waals surface area (Å²) in [6.45, 7) is 2.15. The van der Waals surface area contributed by atoms with Crippen molar-refractivity contribution in [2.24, 2.45) is 5.92 Å². The summed E-state index contributed by atoms with van der Waals surface area (Å²) in [6, 6.07) is 0. The van der Waals surface area contributed by atoms with Gasteiger partial charge in [0.1, 0.15) is 0 Å². The zero-order chi connectivity index (χ0) is 9.84. The van der Waals surface area contributed by atoms with Crippen LogP contribution in [0, 0.1) is 5.92 Å². The number of esters is 1. The number of rotatable bonds is 3. The number of hydrogen-bond donors (Lipinski definition) is 2. The normalized spacial score (nSPS) is 33.3. The maximum atomic E-state index is 11.0. The van der Waals surface area contributed by atoms with E-state index in [1.807, 2.05) is 0 Å². The van der Waals surface area contributed by atoms with Crippen LogP contribution in [0.5, 0.6) is 0 Å². The van der Waals surface area contributed by atoms with Crippen LogP contribution in [0.2, 0.25) is 0 Å². The lowest BCUT2D eigenvalue weighted by atomic mass is 10.0. The van der Waals surface area contributed by atoms with Crippen LogP contribution in [0.4, 0.5) is 0 Å². The van der Waals surface area contributed by atoms with Crippen molar-refractivity contribution >= 4 is 5.97 Å². The van der Waals surface area contributed by atoms with Gasteiger partial charge in [0.15, 0.2) is 0 Å². The molecule has 1 aliphatic rings. The van der Waals surface area contributed by atoms with Crippen molar-refractivity contribution in [3.63, 3.8) is 0 Å². The van der Waals surface area contributed by atoms with E-state index < -0.39 is 12.2 Å². The van der Waals surface area contributed by atoms with Gasteiger partial charge in [-0.3, -0.25) is 4.79 Å². The molecule has 1 saturated carbocycles. The van der Waals surface area contributed by atoms with Gasteiger partial charge in [-0.25, -0.2) is 0 Å². The lowest BCUT2D eigenvalue weighted by Crippen LogP contribution is -2.17. The molecule has 1 unspecified atom stereocenters. The van der Waals surface area contributed by atoms with Gasteiger partial charge in [-0.1, -0.05) is 0 Å². The minimum Gasteiger partial charge on any atom is -0.466 e. The summed E-state index contributed by atoms with van der Waals surface area (Å²) < 4.78 is 4.77. The number of aliphatic hydroxyl groups is 2. The quantitative estimate of drug-likeness (QED) is 0.615. The van der Waals surface area contributed by atoms with E-state index in [0.29, 0.717) is 25.9 Å². The van der Waals surface area contributed by atoms with Crippen LogP contribution in [0.3, 0.4) is 0 Å². The molecule has 0 bridgehead atoms. The Kier molecular flexibility index (Phi) is 3.69. The average molecular weight is 188 g/mol. The molecule has 0 saturated heterocycles. The van der Waals surface area contributed by atoms with Crippen LogP contribution < -0.4 is 0 Å². The van der Waals surface area contributed by atoms with Crippen molar-refractivity contribution in [1.82, 2.24) is 0 Å². The van der Waals surface area contributed by atoms with Crippen LogP contribution in [-0.4, -0.2) is 35.0 Å². The van der Waals surface area contributed by atoms with Crippen LogP contribution in [-0.2, 0) is 9.53 Å². The lowest BCUT2D eigenvalue weighted by Gasteiger charge is -2.07. The maximum absolute atomic E-state index is 11.0. The Hall–Kier alpha value is -0.610. The first-order valence-corrected chi connectivity index (χ1v) is 4.65. The summed E-state index contributed by atoms with van der Waals surface area (Å²) in [5.41, 5.74) is 0. The zero-order valence-electron chi connectivity index (χ0n) is 7.77. The first kappa shape index (κ1) is 10.5. The van der Waals surface area contributed by atoms with E-state index in [-0.39, 0.29) is 11.9 Å². The molecule has 0 radical (unpaired) electrons. The van der Waals surface area contributed by atoms with Gasteiger partial charge in [-0.15, -0.1) is 0 Å². The largest absolute Gasteiger partial charge is 0.466 e. The third kappa shape index (κ3) is 2.97. The summed E-state index contributed by atoms with van der Waals surface area (Å²) in [4.78, 5) is 11.0. The molecule has 2 N–H and O–H groups in total. The van der Waals surface area contributed by atoms with E-state index in [1.165, 1.54) is 0 Å². The maximum Gasteiger partial charge on any atom is 0.306 e. The predicted octanol–water partition coefficient (Wildman–Crippen LogP) is 0.0714. The molecule has 0 heterocycles. The van der Waals surface area contributed by atoms with Gasteiger partial charge >= 0.3 is 5.97 Å². The molecule has 0 aromatic rings. The van der Waals surface area contributed by atoms with E-state index in [1.54, 1.807) is 6.92 Å². The van der Waals surface area contributed by atoms with Gasteiger partial charge in [0.05, 0.1) is 18.8 Å². The van der Waals surface area contributed by atoms with Crippen molar-refractivity contribution in [3.05, 3.63) is 0 Å². The number of hydrogen-bond acceptors (Lipinski definition) is 4. The molecule has 1 fully saturated rings. The third-order valence-electron chi connectivity index (χ3n) is 2.35. The molecule has 76 valence electrons. The molecular weight excluding hydrogens is 172 g/mol. The molecule has 4 nitrogen and oxygen atoms in total. The van der Waals surface area contributed by atoms with Crippen molar-refractivity contribution in [2.45, 2.75) is 38.4 Å². The Labute approximate surface area is 77.5 Å². The fourth-order valence-electron chi connectivity index (χ4n) is 1.72. The van der Waals surface area contributed by atoms with Crippen molar-refractivity contribution in [2.75, 3.05) is 6.61 Å². The number of ether oxygens (including phenoxy) is 1. The van der Waals surface area contributed by atoms with Gasteiger partial charge < -0.3 is 14.9 Å². The summed E-state index contributed by atoms with van der Waals surface area (Å²) in [5.74, 6) is -0.169. The molecular formula is C9H16O4. The van der Waals surface area contributed by atoms with Gasteiger partial charge in [0, 0.05) is 6.42 Å². The minimum absolute atomic E-state index is 0.0732. The first-order chi connectivity index (χ1) is 6.13. The third-order valence-corrected chi connectivity index (χ3v) is 2.35. The topological polar surface area (TPSA) is 66.8 Å². The van der Waals surface area contributed by atoms with E-state index in [0.717, 1.165) is 0 Å². The van der Waals surface area contributed by atoms with Gasteiger partial charge in [-0.2, -0.15) is 0 Å². The summed E-state index contributed by atoms with van der Waals surface area (Å²) in [7, 11) is 0. The summed E-state index contributed by atoms with van der Waals surface area (Å²) >= 11 is 0. The molecule has 3 atom stereocenters. The summed E-state index contributed by atoms with van der Waals surface area (Å²) in [5, 5.41) is 18.4. The Morgan fingerprint density at radius 3 is 2.38 bits per heavy atom. The van der Waals surface area contributed by atoms with E-state index >= 15 is 0 Å². The standard InChI is InChI=1S/C9H16O4/c1-2-13-9(12)5-6-3-7(10)8(11)4-6/h6-8,10-11H,2-5H2,1H3/t6?,7-,8+. The molecule has 0 amide bonds. The predicted molar refractivity (Wildman–Crippen MR) is 46.0 cm³/mol. The van der Waals surface area contributed by atoms with E-state index in [2.05, 4.69) is 0 Å². The fraction of sp³-hybridized carbons (Fsp3) is 0.889. The summed E-state index contributed by atoms with van der Waals surface area (Å²) in [6.07, 6.45) is -0.0269. The Morgan fingerprint density at radius 2 is 1.92 bits per heavy atom. The van der Waals surface area contributed by atoms with Crippen molar-refractivity contribution < 1.29 is 19.7 Å².